The molecule has 92 valence electrons. The third-order valence-corrected chi connectivity index (χ3v) is 3.17. The topological polar surface area (TPSA) is 58.4 Å². The van der Waals surface area contributed by atoms with Crippen molar-refractivity contribution in [2.75, 3.05) is 13.1 Å². The number of carbonyl (C=O) groups excluding carboxylic acids is 1. The fourth-order valence-corrected chi connectivity index (χ4v) is 2.19. The van der Waals surface area contributed by atoms with Crippen LogP contribution in [0.4, 0.5) is 4.79 Å². The van der Waals surface area contributed by atoms with Gasteiger partial charge in [0.05, 0.1) is 11.0 Å². The number of amides is 2. The first kappa shape index (κ1) is 13.2. The monoisotopic (exact) mass is 243 g/mol. The maximum Gasteiger partial charge on any atom is 0.317 e. The Hall–Kier alpha value is -0.840. The summed E-state index contributed by atoms with van der Waals surface area (Å²) in [5.74, 6) is 0. The molecule has 0 aliphatic carbocycles. The first-order valence-electron chi connectivity index (χ1n) is 6.00. The van der Waals surface area contributed by atoms with Crippen LogP contribution in [0.5, 0.6) is 0 Å². The first-order chi connectivity index (χ1) is 7.66. The number of piperidine rings is 1. The predicted molar refractivity (Wildman–Crippen MR) is 69.4 cm³/mol. The van der Waals surface area contributed by atoms with Crippen LogP contribution in [0.15, 0.2) is 0 Å². The standard InChI is InChI=1S/C11H21N3OS/c1-2-3-7-13-11(15)14-8-5-4-6-9(14)10(12)16/h9H,2-8H2,1H3,(H2,12,16)(H,13,15). The molecule has 1 rings (SSSR count). The molecule has 0 aromatic carbocycles. The van der Waals surface area contributed by atoms with Crippen LogP contribution in [0, 0.1) is 0 Å². The molecule has 1 saturated heterocycles. The van der Waals surface area contributed by atoms with E-state index in [1.165, 1.54) is 0 Å². The van der Waals surface area contributed by atoms with E-state index in [4.69, 9.17) is 18.0 Å². The van der Waals surface area contributed by atoms with E-state index in [9.17, 15) is 4.79 Å². The van der Waals surface area contributed by atoms with Gasteiger partial charge in [-0.25, -0.2) is 4.79 Å². The Bertz CT molecular complexity index is 258. The number of hydrogen-bond acceptors (Lipinski definition) is 2. The number of nitrogens with one attached hydrogen (secondary N) is 1. The minimum absolute atomic E-state index is 0.0223. The Balaban J connectivity index is 2.47. The molecule has 2 amide bonds. The van der Waals surface area contributed by atoms with E-state index in [-0.39, 0.29) is 12.1 Å². The van der Waals surface area contributed by atoms with Gasteiger partial charge >= 0.3 is 6.03 Å². The molecule has 0 bridgehead atoms. The molecule has 3 N–H and O–H groups in total. The highest BCUT2D eigenvalue weighted by molar-refractivity contribution is 7.80. The van der Waals surface area contributed by atoms with Crippen LogP contribution in [0.2, 0.25) is 0 Å². The Kier molecular flexibility index (Phi) is 5.52. The quantitative estimate of drug-likeness (QED) is 0.583. The summed E-state index contributed by atoms with van der Waals surface area (Å²) in [6.07, 6.45) is 5.13. The second-order valence-electron chi connectivity index (χ2n) is 4.19. The van der Waals surface area contributed by atoms with Gasteiger partial charge < -0.3 is 16.0 Å². The molecule has 1 atom stereocenters. The number of urea groups is 1. The van der Waals surface area contributed by atoms with Gasteiger partial charge in [0.2, 0.25) is 0 Å². The molecule has 4 nitrogen and oxygen atoms in total. The molecule has 5 heteroatoms. The highest BCUT2D eigenvalue weighted by Gasteiger charge is 2.28. The van der Waals surface area contributed by atoms with Gasteiger partial charge in [-0.05, 0) is 25.7 Å². The number of rotatable bonds is 4. The van der Waals surface area contributed by atoms with Gasteiger partial charge in [0, 0.05) is 13.1 Å². The van der Waals surface area contributed by atoms with Gasteiger partial charge in [0.15, 0.2) is 0 Å². The number of thiocarbonyl (C=S) groups is 1. The minimum atomic E-state index is -0.0506. The van der Waals surface area contributed by atoms with Gasteiger partial charge in [0.1, 0.15) is 0 Å². The van der Waals surface area contributed by atoms with Crippen molar-refractivity contribution in [2.45, 2.75) is 45.1 Å². The lowest BCUT2D eigenvalue weighted by molar-refractivity contribution is 0.173. The number of carbonyl (C=O) groups is 1. The van der Waals surface area contributed by atoms with Gasteiger partial charge in [-0.15, -0.1) is 0 Å². The third kappa shape index (κ3) is 3.63. The number of nitrogens with zero attached hydrogens (tertiary/aromatic N) is 1. The molecule has 1 unspecified atom stereocenters. The van der Waals surface area contributed by atoms with Crippen LogP contribution < -0.4 is 11.1 Å². The molecule has 0 spiro atoms. The highest BCUT2D eigenvalue weighted by Crippen LogP contribution is 2.17. The van der Waals surface area contributed by atoms with Crippen LogP contribution in [-0.4, -0.2) is 35.1 Å². The van der Waals surface area contributed by atoms with E-state index in [0.717, 1.165) is 45.2 Å². The molecular formula is C11H21N3OS. The molecule has 0 saturated carbocycles. The second-order valence-corrected chi connectivity index (χ2v) is 4.66. The van der Waals surface area contributed by atoms with E-state index in [2.05, 4.69) is 12.2 Å². The maximum atomic E-state index is 11.9. The minimum Gasteiger partial charge on any atom is -0.392 e. The van der Waals surface area contributed by atoms with Crippen molar-refractivity contribution in [1.82, 2.24) is 10.2 Å². The lowest BCUT2D eigenvalue weighted by Gasteiger charge is -2.34. The predicted octanol–water partition coefficient (Wildman–Crippen LogP) is 1.64. The summed E-state index contributed by atoms with van der Waals surface area (Å²) >= 11 is 5.00. The summed E-state index contributed by atoms with van der Waals surface area (Å²) in [7, 11) is 0. The van der Waals surface area contributed by atoms with Crippen molar-refractivity contribution in [3.8, 4) is 0 Å². The maximum absolute atomic E-state index is 11.9. The normalized spacial score (nSPS) is 20.6. The number of unbranched alkanes of at least 4 members (excludes halogenated alkanes) is 1. The largest absolute Gasteiger partial charge is 0.392 e. The zero-order valence-corrected chi connectivity index (χ0v) is 10.7. The van der Waals surface area contributed by atoms with Gasteiger partial charge in [-0.2, -0.15) is 0 Å². The van der Waals surface area contributed by atoms with E-state index >= 15 is 0 Å². The van der Waals surface area contributed by atoms with Crippen molar-refractivity contribution >= 4 is 23.2 Å². The fourth-order valence-electron chi connectivity index (χ4n) is 1.94. The van der Waals surface area contributed by atoms with Crippen molar-refractivity contribution in [2.24, 2.45) is 5.73 Å². The molecule has 1 fully saturated rings. The molecule has 16 heavy (non-hydrogen) atoms. The molecule has 1 aliphatic heterocycles. The Morgan fingerprint density at radius 2 is 2.31 bits per heavy atom. The summed E-state index contributed by atoms with van der Waals surface area (Å²) in [6, 6.07) is -0.0728. The van der Waals surface area contributed by atoms with Crippen molar-refractivity contribution in [3.05, 3.63) is 0 Å². The van der Waals surface area contributed by atoms with Crippen molar-refractivity contribution in [3.63, 3.8) is 0 Å². The van der Waals surface area contributed by atoms with E-state index in [0.29, 0.717) is 4.99 Å². The molecule has 1 aliphatic rings. The summed E-state index contributed by atoms with van der Waals surface area (Å²) in [5.41, 5.74) is 5.66. The Morgan fingerprint density at radius 1 is 1.56 bits per heavy atom. The van der Waals surface area contributed by atoms with E-state index < -0.39 is 0 Å². The SMILES string of the molecule is CCCCNC(=O)N1CCCCC1C(N)=S. The van der Waals surface area contributed by atoms with Crippen LogP contribution in [0.1, 0.15) is 39.0 Å². The molecule has 1 heterocycles. The summed E-state index contributed by atoms with van der Waals surface area (Å²) < 4.78 is 0. The Morgan fingerprint density at radius 3 is 2.94 bits per heavy atom. The first-order valence-corrected chi connectivity index (χ1v) is 6.41. The highest BCUT2D eigenvalue weighted by atomic mass is 32.1. The smallest absolute Gasteiger partial charge is 0.317 e. The average Bonchev–Trinajstić information content (AvgIpc) is 2.29. The number of hydrogen-bond donors (Lipinski definition) is 2. The molecule has 0 aromatic heterocycles. The summed E-state index contributed by atoms with van der Waals surface area (Å²) in [6.45, 7) is 3.60. The van der Waals surface area contributed by atoms with Gasteiger partial charge in [-0.3, -0.25) is 0 Å². The van der Waals surface area contributed by atoms with E-state index in [1.54, 1.807) is 4.90 Å². The zero-order valence-electron chi connectivity index (χ0n) is 9.87. The zero-order chi connectivity index (χ0) is 12.0. The average molecular weight is 243 g/mol. The van der Waals surface area contributed by atoms with Gasteiger partial charge in [-0.1, -0.05) is 25.6 Å². The van der Waals surface area contributed by atoms with E-state index in [1.807, 2.05) is 0 Å². The number of nitrogens with two attached hydrogens (primary N) is 1. The Labute approximate surface area is 103 Å². The van der Waals surface area contributed by atoms with Gasteiger partial charge in [0.25, 0.3) is 0 Å². The van der Waals surface area contributed by atoms with Crippen LogP contribution in [0.25, 0.3) is 0 Å². The summed E-state index contributed by atoms with van der Waals surface area (Å²) in [4.78, 5) is 14.1. The lowest BCUT2D eigenvalue weighted by Crippen LogP contribution is -2.53. The van der Waals surface area contributed by atoms with Crippen LogP contribution >= 0.6 is 12.2 Å². The fraction of sp³-hybridized carbons (Fsp3) is 0.818. The van der Waals surface area contributed by atoms with Crippen LogP contribution in [-0.2, 0) is 0 Å². The second kappa shape index (κ2) is 6.68. The molecule has 0 aromatic rings. The molecule has 0 radical (unpaired) electrons. The van der Waals surface area contributed by atoms with Crippen LogP contribution in [0.3, 0.4) is 0 Å². The lowest BCUT2D eigenvalue weighted by atomic mass is 10.0. The molecular weight excluding hydrogens is 222 g/mol. The van der Waals surface area contributed by atoms with Crippen molar-refractivity contribution in [1.29, 1.82) is 0 Å². The number of likely N-dealkylation sites (tertiary alicyclic amines) is 1. The van der Waals surface area contributed by atoms with Crippen molar-refractivity contribution < 1.29 is 4.79 Å². The third-order valence-electron chi connectivity index (χ3n) is 2.90. The summed E-state index contributed by atoms with van der Waals surface area (Å²) in [5, 5.41) is 2.91.